The highest BCUT2D eigenvalue weighted by Crippen LogP contribution is 2.44. The molecule has 2 aliphatic rings. The molecule has 0 bridgehead atoms. The molecule has 0 saturated heterocycles. The van der Waals surface area contributed by atoms with Gasteiger partial charge in [0.15, 0.2) is 0 Å². The van der Waals surface area contributed by atoms with Crippen molar-refractivity contribution in [1.82, 2.24) is 4.90 Å². The zero-order valence-corrected chi connectivity index (χ0v) is 16.3. The minimum absolute atomic E-state index is 0.205. The highest BCUT2D eigenvalue weighted by atomic mass is 32.1. The van der Waals surface area contributed by atoms with E-state index in [1.807, 2.05) is 44.4 Å². The van der Waals surface area contributed by atoms with Gasteiger partial charge in [-0.3, -0.25) is 0 Å². The van der Waals surface area contributed by atoms with Crippen molar-refractivity contribution in [2.24, 2.45) is 11.7 Å². The molecule has 1 amide bonds. The molecule has 0 unspecified atom stereocenters. The smallest absolute Gasteiger partial charge is 0.410 e. The van der Waals surface area contributed by atoms with Gasteiger partial charge in [-0.1, -0.05) is 12.1 Å². The van der Waals surface area contributed by atoms with Gasteiger partial charge in [0, 0.05) is 23.9 Å². The Morgan fingerprint density at radius 3 is 2.59 bits per heavy atom. The molecule has 3 rings (SSSR count). The average molecular weight is 380 g/mol. The Kier molecular flexibility index (Phi) is 4.82. The fraction of sp³-hybridized carbons (Fsp3) is 0.350. The first-order chi connectivity index (χ1) is 12.8. The van der Waals surface area contributed by atoms with Gasteiger partial charge in [-0.05, 0) is 43.4 Å². The Bertz CT molecular complexity index is 950. The van der Waals surface area contributed by atoms with E-state index in [1.165, 1.54) is 11.3 Å². The number of allylic oxidation sites excluding steroid dienone is 2. The molecule has 1 aliphatic carbocycles. The molecular weight excluding hydrogens is 360 g/mol. The number of nitrogens with zero attached hydrogens (tertiary/aromatic N) is 3. The fourth-order valence-corrected chi connectivity index (χ4v) is 4.15. The number of carbonyl (C=O) groups excluding carboxylic acids is 1. The van der Waals surface area contributed by atoms with Gasteiger partial charge in [0.2, 0.25) is 0 Å². The standard InChI is InChI=1S/C20H20N4O2S/c1-20(2,3)26-19(25)24-7-6-12-13(9-21)18(23)14(10-22)17(15(12)11-24)16-5-4-8-27-16/h4-6,8,15H,7,11,23H2,1-3H3/t15-/m0/s1. The van der Waals surface area contributed by atoms with E-state index in [1.54, 1.807) is 4.90 Å². The Morgan fingerprint density at radius 1 is 1.33 bits per heavy atom. The van der Waals surface area contributed by atoms with Crippen molar-refractivity contribution in [2.75, 3.05) is 13.1 Å². The minimum atomic E-state index is -0.597. The zero-order chi connectivity index (χ0) is 19.8. The molecule has 2 N–H and O–H groups in total. The number of hydrogen-bond donors (Lipinski definition) is 1. The number of carbonyl (C=O) groups is 1. The maximum Gasteiger partial charge on any atom is 0.410 e. The van der Waals surface area contributed by atoms with E-state index < -0.39 is 11.7 Å². The summed E-state index contributed by atoms with van der Waals surface area (Å²) in [5, 5.41) is 21.2. The molecule has 0 fully saturated rings. The number of hydrogen-bond acceptors (Lipinski definition) is 6. The summed E-state index contributed by atoms with van der Waals surface area (Å²) in [6, 6.07) is 8.12. The van der Waals surface area contributed by atoms with Gasteiger partial charge in [0.05, 0.1) is 16.8 Å². The predicted octanol–water partition coefficient (Wildman–Crippen LogP) is 3.57. The Balaban J connectivity index is 2.08. The molecule has 0 aromatic carbocycles. The monoisotopic (exact) mass is 380 g/mol. The lowest BCUT2D eigenvalue weighted by Crippen LogP contribution is -2.43. The van der Waals surface area contributed by atoms with E-state index in [2.05, 4.69) is 12.1 Å². The number of amides is 1. The highest BCUT2D eigenvalue weighted by Gasteiger charge is 2.38. The number of nitrogens with two attached hydrogens (primary N) is 1. The molecule has 138 valence electrons. The summed E-state index contributed by atoms with van der Waals surface area (Å²) >= 11 is 1.50. The maximum atomic E-state index is 12.5. The van der Waals surface area contributed by atoms with Crippen LogP contribution in [0.2, 0.25) is 0 Å². The fourth-order valence-electron chi connectivity index (χ4n) is 3.31. The maximum absolute atomic E-state index is 12.5. The number of fused-ring (bicyclic) bond motifs is 1. The summed E-state index contributed by atoms with van der Waals surface area (Å²) in [4.78, 5) is 15.0. The van der Waals surface area contributed by atoms with Crippen LogP contribution in [-0.2, 0) is 4.74 Å². The van der Waals surface area contributed by atoms with E-state index in [4.69, 9.17) is 10.5 Å². The van der Waals surface area contributed by atoms with E-state index in [0.717, 1.165) is 16.0 Å². The molecule has 0 saturated carbocycles. The summed E-state index contributed by atoms with van der Waals surface area (Å²) in [7, 11) is 0. The van der Waals surface area contributed by atoms with Crippen LogP contribution < -0.4 is 5.73 Å². The van der Waals surface area contributed by atoms with Crippen LogP contribution in [0.4, 0.5) is 4.79 Å². The van der Waals surface area contributed by atoms with Crippen LogP contribution in [-0.4, -0.2) is 29.7 Å². The molecule has 1 atom stereocenters. The second-order valence-corrected chi connectivity index (χ2v) is 8.32. The second kappa shape index (κ2) is 6.94. The molecule has 1 aliphatic heterocycles. The van der Waals surface area contributed by atoms with Crippen molar-refractivity contribution < 1.29 is 9.53 Å². The Hall–Kier alpha value is -3.03. The number of rotatable bonds is 1. The van der Waals surface area contributed by atoms with Crippen molar-refractivity contribution in [3.63, 3.8) is 0 Å². The van der Waals surface area contributed by atoms with Crippen molar-refractivity contribution in [2.45, 2.75) is 26.4 Å². The molecule has 6 nitrogen and oxygen atoms in total. The lowest BCUT2D eigenvalue weighted by molar-refractivity contribution is 0.0253. The average Bonchev–Trinajstić information content (AvgIpc) is 3.13. The Morgan fingerprint density at radius 2 is 2.04 bits per heavy atom. The third-order valence-corrected chi connectivity index (χ3v) is 5.32. The zero-order valence-electron chi connectivity index (χ0n) is 15.4. The molecule has 2 heterocycles. The van der Waals surface area contributed by atoms with Crippen molar-refractivity contribution >= 4 is 23.0 Å². The third kappa shape index (κ3) is 3.47. The van der Waals surface area contributed by atoms with Crippen LogP contribution in [0, 0.1) is 28.6 Å². The van der Waals surface area contributed by atoms with Gasteiger partial charge in [-0.15, -0.1) is 11.3 Å². The minimum Gasteiger partial charge on any atom is -0.444 e. The highest BCUT2D eigenvalue weighted by molar-refractivity contribution is 7.11. The van der Waals surface area contributed by atoms with Gasteiger partial charge in [-0.2, -0.15) is 10.5 Å². The van der Waals surface area contributed by atoms with Gasteiger partial charge >= 0.3 is 6.09 Å². The summed E-state index contributed by atoms with van der Waals surface area (Å²) in [5.74, 6) is -0.290. The molecule has 0 spiro atoms. The van der Waals surface area contributed by atoms with Gasteiger partial charge in [0.25, 0.3) is 0 Å². The van der Waals surface area contributed by atoms with E-state index in [9.17, 15) is 15.3 Å². The van der Waals surface area contributed by atoms with E-state index >= 15 is 0 Å². The quantitative estimate of drug-likeness (QED) is 0.802. The number of thiophene rings is 1. The van der Waals surface area contributed by atoms with Crippen LogP contribution in [0.1, 0.15) is 25.6 Å². The van der Waals surface area contributed by atoms with Gasteiger partial charge in [0.1, 0.15) is 17.7 Å². The van der Waals surface area contributed by atoms with Gasteiger partial charge in [-0.25, -0.2) is 4.79 Å². The normalized spacial score (nSPS) is 19.8. The number of ether oxygens (including phenoxy) is 1. The summed E-state index contributed by atoms with van der Waals surface area (Å²) < 4.78 is 5.49. The van der Waals surface area contributed by atoms with Crippen LogP contribution in [0.5, 0.6) is 0 Å². The van der Waals surface area contributed by atoms with Crippen LogP contribution >= 0.6 is 11.3 Å². The molecule has 1 aromatic heterocycles. The SMILES string of the molecule is CC(C)(C)OC(=O)N1CC=C2C(C#N)=C(N)C(C#N)=C(c3cccs3)[C@H]2C1. The summed E-state index contributed by atoms with van der Waals surface area (Å²) in [6.07, 6.45) is 1.42. The van der Waals surface area contributed by atoms with Crippen molar-refractivity contribution in [3.8, 4) is 12.1 Å². The largest absolute Gasteiger partial charge is 0.444 e. The third-order valence-electron chi connectivity index (χ3n) is 4.42. The lowest BCUT2D eigenvalue weighted by Gasteiger charge is -2.37. The first-order valence-electron chi connectivity index (χ1n) is 8.53. The van der Waals surface area contributed by atoms with Gasteiger partial charge < -0.3 is 15.4 Å². The second-order valence-electron chi connectivity index (χ2n) is 7.38. The summed E-state index contributed by atoms with van der Waals surface area (Å²) in [5.41, 5.74) is 7.94. The Labute approximate surface area is 162 Å². The molecular formula is C20H20N4O2S. The molecule has 1 aromatic rings. The summed E-state index contributed by atoms with van der Waals surface area (Å²) in [6.45, 7) is 6.12. The molecule has 7 heteroatoms. The van der Waals surface area contributed by atoms with Crippen molar-refractivity contribution in [3.05, 3.63) is 50.9 Å². The molecule has 27 heavy (non-hydrogen) atoms. The van der Waals surface area contributed by atoms with Crippen molar-refractivity contribution in [1.29, 1.82) is 10.5 Å². The number of nitriles is 2. The van der Waals surface area contributed by atoms with Crippen LogP contribution in [0.15, 0.2) is 46.0 Å². The first-order valence-corrected chi connectivity index (χ1v) is 9.41. The predicted molar refractivity (Wildman–Crippen MR) is 103 cm³/mol. The molecule has 0 radical (unpaired) electrons. The van der Waals surface area contributed by atoms with E-state index in [-0.39, 0.29) is 11.6 Å². The van der Waals surface area contributed by atoms with E-state index in [0.29, 0.717) is 24.2 Å². The van der Waals surface area contributed by atoms with Crippen LogP contribution in [0.3, 0.4) is 0 Å². The lowest BCUT2D eigenvalue weighted by atomic mass is 9.75. The first kappa shape index (κ1) is 18.8. The van der Waals surface area contributed by atoms with Crippen LogP contribution in [0.25, 0.3) is 5.57 Å². The topological polar surface area (TPSA) is 103 Å².